The molecule has 132 valence electrons. The third-order valence-electron chi connectivity index (χ3n) is 4.63. The second kappa shape index (κ2) is 8.71. The number of amides is 1. The van der Waals surface area contributed by atoms with E-state index in [1.54, 1.807) is 7.11 Å². The number of rotatable bonds is 6. The first-order chi connectivity index (χ1) is 11.5. The van der Waals surface area contributed by atoms with Crippen molar-refractivity contribution in [2.45, 2.75) is 40.0 Å². The number of benzene rings is 1. The Balaban J connectivity index is 1.86. The van der Waals surface area contributed by atoms with Gasteiger partial charge in [-0.3, -0.25) is 4.79 Å². The highest BCUT2D eigenvalue weighted by Gasteiger charge is 2.27. The molecule has 0 saturated heterocycles. The van der Waals surface area contributed by atoms with Gasteiger partial charge >= 0.3 is 0 Å². The topological polar surface area (TPSA) is 62.7 Å². The molecule has 0 aliphatic heterocycles. The van der Waals surface area contributed by atoms with Gasteiger partial charge in [0.1, 0.15) is 5.75 Å². The number of carbonyl (C=O) groups excluding carboxylic acids is 1. The van der Waals surface area contributed by atoms with Gasteiger partial charge in [-0.1, -0.05) is 20.8 Å². The Morgan fingerprint density at radius 3 is 2.62 bits per heavy atom. The van der Waals surface area contributed by atoms with Crippen molar-refractivity contribution in [2.75, 3.05) is 19.0 Å². The van der Waals surface area contributed by atoms with E-state index < -0.39 is 0 Å². The average molecular weight is 331 g/mol. The highest BCUT2D eigenvalue weighted by atomic mass is 16.5. The van der Waals surface area contributed by atoms with E-state index in [0.29, 0.717) is 17.8 Å². The third-order valence-corrected chi connectivity index (χ3v) is 4.63. The highest BCUT2D eigenvalue weighted by molar-refractivity contribution is 5.89. The van der Waals surface area contributed by atoms with Crippen molar-refractivity contribution in [3.63, 3.8) is 0 Å². The highest BCUT2D eigenvalue weighted by Crippen LogP contribution is 2.31. The Hall–Kier alpha value is -2.04. The van der Waals surface area contributed by atoms with Gasteiger partial charge in [-0.15, -0.1) is 0 Å². The summed E-state index contributed by atoms with van der Waals surface area (Å²) in [6, 6.07) is 7.49. The maximum absolute atomic E-state index is 12.0. The molecule has 1 saturated carbocycles. The van der Waals surface area contributed by atoms with Crippen LogP contribution in [0.3, 0.4) is 0 Å². The summed E-state index contributed by atoms with van der Waals surface area (Å²) in [5, 5.41) is 7.52. The van der Waals surface area contributed by atoms with Gasteiger partial charge in [-0.05, 0) is 55.4 Å². The van der Waals surface area contributed by atoms with Crippen molar-refractivity contribution < 1.29 is 9.53 Å². The fourth-order valence-electron chi connectivity index (χ4n) is 3.15. The molecule has 2 N–H and O–H groups in total. The average Bonchev–Trinajstić information content (AvgIpc) is 2.58. The number of ether oxygens (including phenoxy) is 1. The van der Waals surface area contributed by atoms with E-state index in [0.717, 1.165) is 30.0 Å². The van der Waals surface area contributed by atoms with Gasteiger partial charge in [0.15, 0.2) is 0 Å². The lowest BCUT2D eigenvalue weighted by Crippen LogP contribution is -2.32. The number of anilines is 1. The number of hydrazone groups is 1. The standard InChI is InChI=1S/C19H29N3O2/c1-13(2)17-10-5-14(3)11-18(17)21-22-19(23)12-20-15-6-8-16(24-4)9-7-15/h6-9,13-14,17,20H,5,10-12H2,1-4H3,(H,22,23)/b21-18-/t14-,17-/m1/s1. The van der Waals surface area contributed by atoms with E-state index >= 15 is 0 Å². The van der Waals surface area contributed by atoms with Crippen molar-refractivity contribution in [1.29, 1.82) is 0 Å². The zero-order valence-corrected chi connectivity index (χ0v) is 15.1. The van der Waals surface area contributed by atoms with Gasteiger partial charge in [0, 0.05) is 17.3 Å². The van der Waals surface area contributed by atoms with Crippen LogP contribution in [0.2, 0.25) is 0 Å². The molecular formula is C19H29N3O2. The first-order valence-electron chi connectivity index (χ1n) is 8.72. The molecule has 0 heterocycles. The molecule has 1 aromatic rings. The third kappa shape index (κ3) is 5.25. The number of hydrogen-bond donors (Lipinski definition) is 2. The molecule has 0 spiro atoms. The van der Waals surface area contributed by atoms with Crippen molar-refractivity contribution in [3.05, 3.63) is 24.3 Å². The summed E-state index contributed by atoms with van der Waals surface area (Å²) in [5.74, 6) is 2.36. The Bertz CT molecular complexity index is 566. The molecule has 0 bridgehead atoms. The van der Waals surface area contributed by atoms with E-state index in [4.69, 9.17) is 4.74 Å². The fourth-order valence-corrected chi connectivity index (χ4v) is 3.15. The summed E-state index contributed by atoms with van der Waals surface area (Å²) in [6.45, 7) is 6.90. The van der Waals surface area contributed by atoms with Crippen LogP contribution in [0.4, 0.5) is 5.69 Å². The molecular weight excluding hydrogens is 302 g/mol. The fraction of sp³-hybridized carbons (Fsp3) is 0.579. The van der Waals surface area contributed by atoms with Crippen molar-refractivity contribution >= 4 is 17.3 Å². The predicted molar refractivity (Wildman–Crippen MR) is 98.4 cm³/mol. The van der Waals surface area contributed by atoms with Crippen molar-refractivity contribution in [3.8, 4) is 5.75 Å². The summed E-state index contributed by atoms with van der Waals surface area (Å²) in [7, 11) is 1.63. The van der Waals surface area contributed by atoms with E-state index in [1.165, 1.54) is 6.42 Å². The number of nitrogens with one attached hydrogen (secondary N) is 2. The number of nitrogens with zero attached hydrogens (tertiary/aromatic N) is 1. The quantitative estimate of drug-likeness (QED) is 0.782. The molecule has 2 atom stereocenters. The lowest BCUT2D eigenvalue weighted by molar-refractivity contribution is -0.119. The summed E-state index contributed by atoms with van der Waals surface area (Å²) in [5.41, 5.74) is 4.73. The molecule has 1 amide bonds. The van der Waals surface area contributed by atoms with E-state index in [2.05, 4.69) is 36.6 Å². The van der Waals surface area contributed by atoms with E-state index in [-0.39, 0.29) is 12.5 Å². The Morgan fingerprint density at radius 2 is 2.00 bits per heavy atom. The number of methoxy groups -OCH3 is 1. The minimum absolute atomic E-state index is 0.126. The van der Waals surface area contributed by atoms with Gasteiger partial charge in [0.25, 0.3) is 5.91 Å². The van der Waals surface area contributed by atoms with Crippen LogP contribution in [0, 0.1) is 17.8 Å². The Kier molecular flexibility index (Phi) is 6.64. The smallest absolute Gasteiger partial charge is 0.259 e. The molecule has 5 nitrogen and oxygen atoms in total. The molecule has 2 rings (SSSR count). The molecule has 0 aromatic heterocycles. The van der Waals surface area contributed by atoms with Crippen LogP contribution in [-0.2, 0) is 4.79 Å². The van der Waals surface area contributed by atoms with Gasteiger partial charge in [-0.25, -0.2) is 5.43 Å². The normalized spacial score (nSPS) is 22.5. The molecule has 5 heteroatoms. The lowest BCUT2D eigenvalue weighted by atomic mass is 9.76. The molecule has 1 aliphatic carbocycles. The monoisotopic (exact) mass is 331 g/mol. The number of hydrogen-bond acceptors (Lipinski definition) is 4. The second-order valence-corrected chi connectivity index (χ2v) is 6.96. The first-order valence-corrected chi connectivity index (χ1v) is 8.72. The molecule has 0 radical (unpaired) electrons. The van der Waals surface area contributed by atoms with Crippen LogP contribution >= 0.6 is 0 Å². The maximum Gasteiger partial charge on any atom is 0.259 e. The summed E-state index contributed by atoms with van der Waals surface area (Å²) in [4.78, 5) is 12.0. The van der Waals surface area contributed by atoms with E-state index in [1.807, 2.05) is 24.3 Å². The minimum Gasteiger partial charge on any atom is -0.497 e. The maximum atomic E-state index is 12.0. The SMILES string of the molecule is COc1ccc(NCC(=O)N/N=C2/C[C@H](C)CC[C@@H]2C(C)C)cc1. The molecule has 1 aromatic carbocycles. The van der Waals surface area contributed by atoms with Crippen LogP contribution < -0.4 is 15.5 Å². The second-order valence-electron chi connectivity index (χ2n) is 6.96. The van der Waals surface area contributed by atoms with Gasteiger partial charge < -0.3 is 10.1 Å². The van der Waals surface area contributed by atoms with E-state index in [9.17, 15) is 4.79 Å². The zero-order valence-electron chi connectivity index (χ0n) is 15.1. The summed E-state index contributed by atoms with van der Waals surface area (Å²) >= 11 is 0. The molecule has 1 fully saturated rings. The first kappa shape index (κ1) is 18.3. The Morgan fingerprint density at radius 1 is 1.29 bits per heavy atom. The molecule has 24 heavy (non-hydrogen) atoms. The van der Waals surface area contributed by atoms with Crippen LogP contribution in [0.25, 0.3) is 0 Å². The summed E-state index contributed by atoms with van der Waals surface area (Å²) < 4.78 is 5.11. The van der Waals surface area contributed by atoms with Crippen molar-refractivity contribution in [2.24, 2.45) is 22.9 Å². The van der Waals surface area contributed by atoms with Crippen LogP contribution in [-0.4, -0.2) is 25.3 Å². The minimum atomic E-state index is -0.126. The number of carbonyl (C=O) groups is 1. The predicted octanol–water partition coefficient (Wildman–Crippen LogP) is 3.67. The van der Waals surface area contributed by atoms with Crippen LogP contribution in [0.5, 0.6) is 5.75 Å². The lowest BCUT2D eigenvalue weighted by Gasteiger charge is -2.30. The largest absolute Gasteiger partial charge is 0.497 e. The van der Waals surface area contributed by atoms with Crippen LogP contribution in [0.1, 0.15) is 40.0 Å². The molecule has 0 unspecified atom stereocenters. The Labute approximate surface area is 144 Å². The zero-order chi connectivity index (χ0) is 17.5. The summed E-state index contributed by atoms with van der Waals surface area (Å²) in [6.07, 6.45) is 3.39. The van der Waals surface area contributed by atoms with Gasteiger partial charge in [0.05, 0.1) is 13.7 Å². The van der Waals surface area contributed by atoms with Crippen LogP contribution in [0.15, 0.2) is 29.4 Å². The van der Waals surface area contributed by atoms with Gasteiger partial charge in [-0.2, -0.15) is 5.10 Å². The van der Waals surface area contributed by atoms with Gasteiger partial charge in [0.2, 0.25) is 0 Å². The van der Waals surface area contributed by atoms with Crippen molar-refractivity contribution in [1.82, 2.24) is 5.43 Å². The molecule has 1 aliphatic rings.